The Morgan fingerprint density at radius 2 is 1.46 bits per heavy atom. The van der Waals surface area contributed by atoms with Gasteiger partial charge in [0, 0.05) is 5.56 Å². The van der Waals surface area contributed by atoms with Crippen molar-refractivity contribution >= 4 is 34.8 Å². The zero-order chi connectivity index (χ0) is 10.2. The van der Waals surface area contributed by atoms with Gasteiger partial charge in [-0.2, -0.15) is 0 Å². The number of rotatable bonds is 1. The number of halogens is 3. The molecular formula is C8H7Cl3O2. The lowest BCUT2D eigenvalue weighted by atomic mass is 10.1. The Morgan fingerprint density at radius 3 is 1.92 bits per heavy atom. The Labute approximate surface area is 90.7 Å². The van der Waals surface area contributed by atoms with Crippen molar-refractivity contribution in [1.82, 2.24) is 0 Å². The first-order chi connectivity index (χ1) is 6.00. The molecule has 0 spiro atoms. The molecule has 13 heavy (non-hydrogen) atoms. The van der Waals surface area contributed by atoms with E-state index in [1.165, 1.54) is 0 Å². The van der Waals surface area contributed by atoms with E-state index in [0.29, 0.717) is 12.0 Å². The van der Waals surface area contributed by atoms with Gasteiger partial charge in [0.2, 0.25) is 0 Å². The molecule has 1 aromatic carbocycles. The minimum atomic E-state index is -0.423. The van der Waals surface area contributed by atoms with Crippen LogP contribution in [0.1, 0.15) is 12.5 Å². The van der Waals surface area contributed by atoms with Crippen molar-refractivity contribution in [2.24, 2.45) is 0 Å². The predicted octanol–water partition coefficient (Wildman–Crippen LogP) is 3.62. The third kappa shape index (κ3) is 1.66. The largest absolute Gasteiger partial charge is 0.504 e. The van der Waals surface area contributed by atoms with E-state index in [0.717, 1.165) is 0 Å². The van der Waals surface area contributed by atoms with Crippen molar-refractivity contribution in [1.29, 1.82) is 0 Å². The Bertz CT molecular complexity index is 321. The average molecular weight is 242 g/mol. The van der Waals surface area contributed by atoms with Gasteiger partial charge >= 0.3 is 0 Å². The van der Waals surface area contributed by atoms with E-state index in [2.05, 4.69) is 0 Å². The van der Waals surface area contributed by atoms with E-state index in [9.17, 15) is 10.2 Å². The predicted molar refractivity (Wildman–Crippen MR) is 54.2 cm³/mol. The molecule has 0 heterocycles. The summed E-state index contributed by atoms with van der Waals surface area (Å²) in [6.45, 7) is 1.78. The van der Waals surface area contributed by atoms with Crippen LogP contribution in [0.4, 0.5) is 0 Å². The topological polar surface area (TPSA) is 40.5 Å². The summed E-state index contributed by atoms with van der Waals surface area (Å²) in [5.74, 6) is -0.727. The molecule has 1 aromatic rings. The molecule has 0 atom stereocenters. The lowest BCUT2D eigenvalue weighted by Crippen LogP contribution is -1.87. The molecule has 0 radical (unpaired) electrons. The normalized spacial score (nSPS) is 10.5. The number of hydrogen-bond donors (Lipinski definition) is 2. The van der Waals surface area contributed by atoms with Gasteiger partial charge in [-0.25, -0.2) is 0 Å². The molecule has 0 saturated heterocycles. The summed E-state index contributed by atoms with van der Waals surface area (Å²) >= 11 is 17.1. The number of benzene rings is 1. The highest BCUT2D eigenvalue weighted by atomic mass is 35.5. The number of aromatic hydroxyl groups is 2. The van der Waals surface area contributed by atoms with Gasteiger partial charge in [0.15, 0.2) is 11.5 Å². The van der Waals surface area contributed by atoms with Crippen LogP contribution in [0.25, 0.3) is 0 Å². The minimum Gasteiger partial charge on any atom is -0.504 e. The molecule has 0 saturated carbocycles. The van der Waals surface area contributed by atoms with Gasteiger partial charge in [-0.05, 0) is 6.42 Å². The van der Waals surface area contributed by atoms with E-state index in [4.69, 9.17) is 34.8 Å². The van der Waals surface area contributed by atoms with Gasteiger partial charge in [0.05, 0.1) is 10.0 Å². The van der Waals surface area contributed by atoms with Crippen molar-refractivity contribution in [3.05, 3.63) is 20.6 Å². The fourth-order valence-corrected chi connectivity index (χ4v) is 1.76. The average Bonchev–Trinajstić information content (AvgIpc) is 2.13. The van der Waals surface area contributed by atoms with E-state index in [1.807, 2.05) is 0 Å². The first-order valence-corrected chi connectivity index (χ1v) is 4.71. The zero-order valence-electron chi connectivity index (χ0n) is 6.74. The van der Waals surface area contributed by atoms with Crippen LogP contribution in [-0.2, 0) is 6.42 Å². The molecule has 2 nitrogen and oxygen atoms in total. The van der Waals surface area contributed by atoms with Gasteiger partial charge in [0.1, 0.15) is 5.02 Å². The fourth-order valence-electron chi connectivity index (χ4n) is 1.01. The Kier molecular flexibility index (Phi) is 3.17. The Hall–Kier alpha value is -0.310. The van der Waals surface area contributed by atoms with Crippen molar-refractivity contribution in [2.75, 3.05) is 0 Å². The summed E-state index contributed by atoms with van der Waals surface area (Å²) in [5, 5.41) is 18.8. The summed E-state index contributed by atoms with van der Waals surface area (Å²) in [4.78, 5) is 0. The highest BCUT2D eigenvalue weighted by Gasteiger charge is 2.18. The van der Waals surface area contributed by atoms with E-state index >= 15 is 0 Å². The first-order valence-electron chi connectivity index (χ1n) is 3.57. The molecule has 0 aromatic heterocycles. The number of hydrogen-bond acceptors (Lipinski definition) is 2. The maximum atomic E-state index is 9.41. The molecule has 0 amide bonds. The van der Waals surface area contributed by atoms with Crippen LogP contribution in [0.2, 0.25) is 15.1 Å². The molecule has 0 bridgehead atoms. The van der Waals surface area contributed by atoms with Gasteiger partial charge in [-0.3, -0.25) is 0 Å². The third-order valence-electron chi connectivity index (χ3n) is 1.72. The molecule has 0 fully saturated rings. The summed E-state index contributed by atoms with van der Waals surface area (Å²) < 4.78 is 0. The number of phenols is 2. The van der Waals surface area contributed by atoms with Crippen LogP contribution in [0.5, 0.6) is 11.5 Å². The van der Waals surface area contributed by atoms with Crippen molar-refractivity contribution < 1.29 is 10.2 Å². The Morgan fingerprint density at radius 1 is 0.923 bits per heavy atom. The standard InChI is InChI=1S/C8H7Cl3O2/c1-2-3-4(9)5(10)6(11)8(13)7(3)12/h12-13H,2H2,1H3. The maximum absolute atomic E-state index is 9.41. The number of phenolic OH excluding ortho intramolecular Hbond substituents is 2. The molecule has 0 unspecified atom stereocenters. The zero-order valence-corrected chi connectivity index (χ0v) is 9.00. The highest BCUT2D eigenvalue weighted by molar-refractivity contribution is 6.49. The van der Waals surface area contributed by atoms with Gasteiger partial charge in [0.25, 0.3) is 0 Å². The van der Waals surface area contributed by atoms with Crippen LogP contribution in [0, 0.1) is 0 Å². The molecule has 72 valence electrons. The molecule has 0 aliphatic carbocycles. The molecule has 5 heteroatoms. The smallest absolute Gasteiger partial charge is 0.178 e. The van der Waals surface area contributed by atoms with E-state index < -0.39 is 5.75 Å². The lowest BCUT2D eigenvalue weighted by Gasteiger charge is -2.10. The summed E-state index contributed by atoms with van der Waals surface area (Å²) in [6.07, 6.45) is 0.467. The highest BCUT2D eigenvalue weighted by Crippen LogP contribution is 2.46. The van der Waals surface area contributed by atoms with Crippen LogP contribution >= 0.6 is 34.8 Å². The second-order valence-corrected chi connectivity index (χ2v) is 3.61. The second kappa shape index (κ2) is 3.82. The van der Waals surface area contributed by atoms with Gasteiger partial charge in [-0.15, -0.1) is 0 Å². The monoisotopic (exact) mass is 240 g/mol. The Balaban J connectivity index is 3.56. The van der Waals surface area contributed by atoms with Crippen LogP contribution in [-0.4, -0.2) is 10.2 Å². The van der Waals surface area contributed by atoms with Gasteiger partial charge in [-0.1, -0.05) is 41.7 Å². The SMILES string of the molecule is CCc1c(O)c(O)c(Cl)c(Cl)c1Cl. The van der Waals surface area contributed by atoms with Crippen molar-refractivity contribution in [3.63, 3.8) is 0 Å². The summed E-state index contributed by atoms with van der Waals surface area (Å²) in [7, 11) is 0. The van der Waals surface area contributed by atoms with E-state index in [1.54, 1.807) is 6.92 Å². The first kappa shape index (κ1) is 10.8. The fraction of sp³-hybridized carbons (Fsp3) is 0.250. The van der Waals surface area contributed by atoms with Crippen LogP contribution in [0.3, 0.4) is 0 Å². The van der Waals surface area contributed by atoms with Gasteiger partial charge < -0.3 is 10.2 Å². The summed E-state index contributed by atoms with van der Waals surface area (Å²) in [6, 6.07) is 0. The molecule has 2 N–H and O–H groups in total. The molecular weight excluding hydrogens is 234 g/mol. The molecule has 0 aliphatic heterocycles. The quantitative estimate of drug-likeness (QED) is 0.582. The molecule has 1 rings (SSSR count). The van der Waals surface area contributed by atoms with E-state index in [-0.39, 0.29) is 20.8 Å². The molecule has 0 aliphatic rings. The second-order valence-electron chi connectivity index (χ2n) is 2.47. The van der Waals surface area contributed by atoms with Crippen LogP contribution < -0.4 is 0 Å². The summed E-state index contributed by atoms with van der Waals surface area (Å²) in [5.41, 5.74) is 0.397. The maximum Gasteiger partial charge on any atom is 0.178 e. The van der Waals surface area contributed by atoms with Crippen molar-refractivity contribution in [2.45, 2.75) is 13.3 Å². The lowest BCUT2D eigenvalue weighted by molar-refractivity contribution is 0.400. The van der Waals surface area contributed by atoms with Crippen LogP contribution in [0.15, 0.2) is 0 Å². The third-order valence-corrected chi connectivity index (χ3v) is 3.08. The van der Waals surface area contributed by atoms with Crippen molar-refractivity contribution in [3.8, 4) is 11.5 Å². The minimum absolute atomic E-state index is 0.0653.